The van der Waals surface area contributed by atoms with E-state index in [-0.39, 0.29) is 0 Å². The number of hydrogen-bond donors (Lipinski definition) is 0. The minimum atomic E-state index is 0.710. The Morgan fingerprint density at radius 1 is 1.24 bits per heavy atom. The average Bonchev–Trinajstić information content (AvgIpc) is 2.87. The smallest absolute Gasteiger partial charge is 0.0937 e. The Labute approximate surface area is 106 Å². The van der Waals surface area contributed by atoms with Gasteiger partial charge in [0.1, 0.15) is 0 Å². The fourth-order valence-corrected chi connectivity index (χ4v) is 1.95. The molecule has 0 aliphatic rings. The molecule has 2 aromatic heterocycles. The van der Waals surface area contributed by atoms with Crippen LogP contribution in [-0.2, 0) is 5.33 Å². The zero-order valence-corrected chi connectivity index (χ0v) is 10.5. The lowest BCUT2D eigenvalue weighted by Gasteiger charge is -2.01. The Balaban J connectivity index is 2.11. The first-order valence-electron chi connectivity index (χ1n) is 5.19. The Morgan fingerprint density at radius 3 is 3.00 bits per heavy atom. The van der Waals surface area contributed by atoms with Gasteiger partial charge in [-0.15, -0.1) is 5.10 Å². The summed E-state index contributed by atoms with van der Waals surface area (Å²) in [7, 11) is 0. The van der Waals surface area contributed by atoms with Crippen LogP contribution in [0.5, 0.6) is 0 Å². The molecular formula is C12H9BrN4. The summed E-state index contributed by atoms with van der Waals surface area (Å²) in [6, 6.07) is 9.99. The molecule has 0 unspecified atom stereocenters. The van der Waals surface area contributed by atoms with Crippen LogP contribution in [0.2, 0.25) is 0 Å². The predicted octanol–water partition coefficient (Wildman–Crippen LogP) is 2.71. The van der Waals surface area contributed by atoms with E-state index in [1.165, 1.54) is 0 Å². The first-order chi connectivity index (χ1) is 8.36. The Hall–Kier alpha value is -1.75. The number of hydrogen-bond acceptors (Lipinski definition) is 3. The second-order valence-corrected chi connectivity index (χ2v) is 4.23. The highest BCUT2D eigenvalue weighted by molar-refractivity contribution is 9.08. The van der Waals surface area contributed by atoms with E-state index in [0.717, 1.165) is 22.3 Å². The average molecular weight is 289 g/mol. The standard InChI is InChI=1S/C12H9BrN4/c13-7-10-8-17(16-15-10)11-3-4-12-9(6-11)2-1-5-14-12/h1-6,8H,7H2. The van der Waals surface area contributed by atoms with Gasteiger partial charge in [0.15, 0.2) is 0 Å². The molecule has 17 heavy (non-hydrogen) atoms. The number of pyridine rings is 1. The van der Waals surface area contributed by atoms with E-state index in [0.29, 0.717) is 5.33 Å². The van der Waals surface area contributed by atoms with Crippen molar-refractivity contribution in [1.82, 2.24) is 20.0 Å². The van der Waals surface area contributed by atoms with Gasteiger partial charge in [-0.3, -0.25) is 4.98 Å². The van der Waals surface area contributed by atoms with E-state index in [9.17, 15) is 0 Å². The molecule has 0 bridgehead atoms. The van der Waals surface area contributed by atoms with Gasteiger partial charge in [-0.2, -0.15) is 0 Å². The summed E-state index contributed by atoms with van der Waals surface area (Å²) in [5, 5.41) is 9.93. The Bertz CT molecular complexity index is 662. The van der Waals surface area contributed by atoms with Crippen molar-refractivity contribution in [1.29, 1.82) is 0 Å². The van der Waals surface area contributed by atoms with Gasteiger partial charge >= 0.3 is 0 Å². The monoisotopic (exact) mass is 288 g/mol. The minimum absolute atomic E-state index is 0.710. The lowest BCUT2D eigenvalue weighted by molar-refractivity contribution is 0.801. The van der Waals surface area contributed by atoms with Crippen LogP contribution in [0.3, 0.4) is 0 Å². The van der Waals surface area contributed by atoms with E-state index in [4.69, 9.17) is 0 Å². The maximum atomic E-state index is 4.28. The van der Waals surface area contributed by atoms with Gasteiger partial charge in [0, 0.05) is 16.9 Å². The van der Waals surface area contributed by atoms with Gasteiger partial charge < -0.3 is 0 Å². The van der Waals surface area contributed by atoms with Crippen LogP contribution < -0.4 is 0 Å². The summed E-state index contributed by atoms with van der Waals surface area (Å²) in [4.78, 5) is 4.28. The van der Waals surface area contributed by atoms with Gasteiger partial charge in [0.05, 0.1) is 23.1 Å². The summed E-state index contributed by atoms with van der Waals surface area (Å²) in [5.41, 5.74) is 2.89. The van der Waals surface area contributed by atoms with E-state index >= 15 is 0 Å². The lowest BCUT2D eigenvalue weighted by atomic mass is 10.2. The highest BCUT2D eigenvalue weighted by Crippen LogP contribution is 2.16. The number of halogens is 1. The number of rotatable bonds is 2. The molecule has 5 heteroatoms. The van der Waals surface area contributed by atoms with E-state index < -0.39 is 0 Å². The van der Waals surface area contributed by atoms with Crippen molar-refractivity contribution in [3.63, 3.8) is 0 Å². The first-order valence-corrected chi connectivity index (χ1v) is 6.31. The van der Waals surface area contributed by atoms with Gasteiger partial charge in [-0.05, 0) is 24.3 Å². The van der Waals surface area contributed by atoms with Crippen molar-refractivity contribution < 1.29 is 0 Å². The zero-order valence-electron chi connectivity index (χ0n) is 8.92. The van der Waals surface area contributed by atoms with Gasteiger partial charge in [0.2, 0.25) is 0 Å². The number of fused-ring (bicyclic) bond motifs is 1. The summed E-state index contributed by atoms with van der Waals surface area (Å²) >= 11 is 3.36. The van der Waals surface area contributed by atoms with Crippen molar-refractivity contribution in [2.45, 2.75) is 5.33 Å². The summed E-state index contributed by atoms with van der Waals surface area (Å²) in [6.07, 6.45) is 3.70. The SMILES string of the molecule is BrCc1cn(-c2ccc3ncccc3c2)nn1. The number of aromatic nitrogens is 4. The van der Waals surface area contributed by atoms with E-state index in [1.807, 2.05) is 30.5 Å². The van der Waals surface area contributed by atoms with Crippen LogP contribution in [0, 0.1) is 0 Å². The highest BCUT2D eigenvalue weighted by atomic mass is 79.9. The largest absolute Gasteiger partial charge is 0.256 e. The molecule has 0 radical (unpaired) electrons. The molecule has 0 atom stereocenters. The third-order valence-electron chi connectivity index (χ3n) is 2.53. The zero-order chi connectivity index (χ0) is 11.7. The van der Waals surface area contributed by atoms with Gasteiger partial charge in [-0.25, -0.2) is 4.68 Å². The Kier molecular flexibility index (Phi) is 2.60. The molecule has 0 N–H and O–H groups in total. The normalized spacial score (nSPS) is 10.9. The maximum absolute atomic E-state index is 4.28. The summed E-state index contributed by atoms with van der Waals surface area (Å²) in [6.45, 7) is 0. The summed E-state index contributed by atoms with van der Waals surface area (Å²) in [5.74, 6) is 0. The van der Waals surface area contributed by atoms with Crippen molar-refractivity contribution in [2.24, 2.45) is 0 Å². The molecule has 1 aromatic carbocycles. The molecular weight excluding hydrogens is 280 g/mol. The molecule has 3 rings (SSSR count). The quantitative estimate of drug-likeness (QED) is 0.681. The molecule has 0 amide bonds. The molecule has 3 aromatic rings. The number of alkyl halides is 1. The van der Waals surface area contributed by atoms with Gasteiger partial charge in [0.25, 0.3) is 0 Å². The fraction of sp³-hybridized carbons (Fsp3) is 0.0833. The third-order valence-corrected chi connectivity index (χ3v) is 3.10. The molecule has 2 heterocycles. The molecule has 4 nitrogen and oxygen atoms in total. The van der Waals surface area contributed by atoms with Crippen molar-refractivity contribution in [3.8, 4) is 5.69 Å². The van der Waals surface area contributed by atoms with Gasteiger partial charge in [-0.1, -0.05) is 27.2 Å². The lowest BCUT2D eigenvalue weighted by Crippen LogP contribution is -1.94. The van der Waals surface area contributed by atoms with Crippen LogP contribution in [0.25, 0.3) is 16.6 Å². The number of benzene rings is 1. The van der Waals surface area contributed by atoms with Crippen LogP contribution in [0.15, 0.2) is 42.7 Å². The first kappa shape index (κ1) is 10.4. The summed E-state index contributed by atoms with van der Waals surface area (Å²) < 4.78 is 1.77. The van der Waals surface area contributed by atoms with Crippen LogP contribution in [0.1, 0.15) is 5.69 Å². The third kappa shape index (κ3) is 1.93. The van der Waals surface area contributed by atoms with Crippen molar-refractivity contribution >= 4 is 26.8 Å². The minimum Gasteiger partial charge on any atom is -0.256 e. The molecule has 0 saturated heterocycles. The molecule has 0 saturated carbocycles. The van der Waals surface area contributed by atoms with Crippen LogP contribution in [0.4, 0.5) is 0 Å². The topological polar surface area (TPSA) is 43.6 Å². The molecule has 0 fully saturated rings. The molecule has 0 aliphatic heterocycles. The second-order valence-electron chi connectivity index (χ2n) is 3.67. The van der Waals surface area contributed by atoms with E-state index in [2.05, 4.69) is 37.3 Å². The Morgan fingerprint density at radius 2 is 2.18 bits per heavy atom. The highest BCUT2D eigenvalue weighted by Gasteiger charge is 2.02. The van der Waals surface area contributed by atoms with E-state index in [1.54, 1.807) is 10.9 Å². The van der Waals surface area contributed by atoms with Crippen molar-refractivity contribution in [3.05, 3.63) is 48.4 Å². The molecule has 0 spiro atoms. The predicted molar refractivity (Wildman–Crippen MR) is 69.3 cm³/mol. The molecule has 0 aliphatic carbocycles. The number of nitrogens with zero attached hydrogens (tertiary/aromatic N) is 4. The van der Waals surface area contributed by atoms with Crippen LogP contribution in [-0.4, -0.2) is 20.0 Å². The fourth-order valence-electron chi connectivity index (χ4n) is 1.69. The second kappa shape index (κ2) is 4.25. The van der Waals surface area contributed by atoms with Crippen molar-refractivity contribution in [2.75, 3.05) is 0 Å². The van der Waals surface area contributed by atoms with Crippen LogP contribution >= 0.6 is 15.9 Å². The maximum Gasteiger partial charge on any atom is 0.0937 e. The molecule has 84 valence electrons.